The van der Waals surface area contributed by atoms with Crippen LogP contribution >= 0.6 is 0 Å². The number of carbonyl (C=O) groups is 2. The molecule has 0 aliphatic heterocycles. The molecule has 0 saturated heterocycles. The number of hydrogen-bond donors (Lipinski definition) is 2. The number of aliphatic carboxylic acids is 2. The molecule has 0 radical (unpaired) electrons. The molecule has 0 aromatic carbocycles. The second kappa shape index (κ2) is 44.3. The van der Waals surface area contributed by atoms with Crippen molar-refractivity contribution in [3.8, 4) is 0 Å². The fourth-order valence-corrected chi connectivity index (χ4v) is 16.8. The number of aliphatic hydroxyl groups is 2. The van der Waals surface area contributed by atoms with Crippen molar-refractivity contribution >= 4 is 28.6 Å². The highest BCUT2D eigenvalue weighted by Gasteiger charge is 2.32. The van der Waals surface area contributed by atoms with Gasteiger partial charge in [-0.15, -0.1) is 0 Å². The van der Waals surface area contributed by atoms with Crippen LogP contribution in [0.3, 0.4) is 0 Å². The number of carboxylic acid groups (broad SMARTS) is 2. The lowest BCUT2D eigenvalue weighted by atomic mass is 10.1. The molecule has 0 bridgehead atoms. The minimum atomic E-state index is -1.75. The first-order chi connectivity index (χ1) is 30.5. The molecule has 0 saturated carbocycles. The highest BCUT2D eigenvalue weighted by atomic mass is 28.4. The average Bonchev–Trinajstić information content (AvgIpc) is 3.19. The van der Waals surface area contributed by atoms with E-state index in [-0.39, 0.29) is 18.9 Å². The minimum absolute atomic E-state index is 0.232. The van der Waals surface area contributed by atoms with Gasteiger partial charge in [0.25, 0.3) is 0 Å². The normalized spacial score (nSPS) is 13.1. The molecule has 0 aromatic heterocycles. The standard InChI is InChI=1S/C28H66N2O5Si2.2C12H24O2/c1-11-27(31)25-33-20-16-22-36(7,8)35-37(9,10)23-17-21-34-26-28(32)24-30(5,6)19-15-13-12-14-18-29(2,3)4;2*1-2-3-4-5-6-7-8-9-10-11-12(13)14/h27-28,31-32H,11-26H2,1-10H3;2*2-11H2,1H3,(H,13,14)/q+2;;/p-2. The van der Waals surface area contributed by atoms with Crippen molar-refractivity contribution in [3.05, 3.63) is 0 Å². The summed E-state index contributed by atoms with van der Waals surface area (Å²) in [5.74, 6) is -1.82. The van der Waals surface area contributed by atoms with E-state index in [0.717, 1.165) is 79.1 Å². The van der Waals surface area contributed by atoms with Crippen molar-refractivity contribution in [3.63, 3.8) is 0 Å². The van der Waals surface area contributed by atoms with Crippen molar-refractivity contribution in [2.75, 3.05) is 81.3 Å². The Bertz CT molecular complexity index is 1030. The summed E-state index contributed by atoms with van der Waals surface area (Å²) in [4.78, 5) is 20.2. The molecule has 0 fully saturated rings. The van der Waals surface area contributed by atoms with E-state index in [4.69, 9.17) is 13.6 Å². The second-order valence-corrected chi connectivity index (χ2v) is 30.7. The van der Waals surface area contributed by atoms with Gasteiger partial charge in [-0.1, -0.05) is 124 Å². The van der Waals surface area contributed by atoms with Crippen LogP contribution in [0.25, 0.3) is 0 Å². The maximum Gasteiger partial charge on any atom is 0.173 e. The topological polar surface area (TPSA) is 148 Å². The van der Waals surface area contributed by atoms with Crippen LogP contribution in [0.4, 0.5) is 0 Å². The number of ether oxygens (including phenoxy) is 2. The van der Waals surface area contributed by atoms with Gasteiger partial charge in [0.05, 0.1) is 67.6 Å². The molecule has 0 amide bonds. The highest BCUT2D eigenvalue weighted by molar-refractivity contribution is 6.84. The number of unbranched alkanes of at least 4 members (excludes halogenated alkanes) is 19. The SMILES string of the molecule is CCC(O)COCCC[Si](C)(C)O[Si](C)(C)CCCOCC(O)C[N+](C)(C)CCCCCC[N+](C)(C)C.CCCCCCCCCCCC(=O)[O-].CCCCCCCCCCCC(=O)[O-]. The van der Waals surface area contributed by atoms with E-state index in [1.54, 1.807) is 0 Å². The van der Waals surface area contributed by atoms with Crippen LogP contribution in [0.5, 0.6) is 0 Å². The van der Waals surface area contributed by atoms with Crippen molar-refractivity contribution in [1.29, 1.82) is 0 Å². The molecule has 392 valence electrons. The second-order valence-electron chi connectivity index (χ2n) is 21.9. The molecule has 0 rings (SSSR count). The summed E-state index contributed by atoms with van der Waals surface area (Å²) in [6.45, 7) is 21.0. The zero-order valence-electron chi connectivity index (χ0n) is 45.3. The van der Waals surface area contributed by atoms with Gasteiger partial charge in [-0.2, -0.15) is 0 Å². The molecule has 0 aliphatic carbocycles. The molecule has 11 nitrogen and oxygen atoms in total. The number of hydrogen-bond acceptors (Lipinski definition) is 9. The predicted octanol–water partition coefficient (Wildman–Crippen LogP) is 10.0. The maximum absolute atomic E-state index is 10.5. The van der Waals surface area contributed by atoms with Gasteiger partial charge >= 0.3 is 0 Å². The molecule has 0 heterocycles. The van der Waals surface area contributed by atoms with Crippen LogP contribution in [0, 0.1) is 0 Å². The fraction of sp³-hybridized carbons (Fsp3) is 0.962. The Kier molecular flexibility index (Phi) is 46.6. The summed E-state index contributed by atoms with van der Waals surface area (Å²) in [5.41, 5.74) is 0. The third-order valence-electron chi connectivity index (χ3n) is 11.8. The van der Waals surface area contributed by atoms with Crippen molar-refractivity contribution in [2.24, 2.45) is 0 Å². The van der Waals surface area contributed by atoms with Gasteiger partial charge in [0.1, 0.15) is 12.6 Å². The molecule has 0 aromatic rings. The molecule has 0 aliphatic rings. The zero-order valence-corrected chi connectivity index (χ0v) is 47.3. The highest BCUT2D eigenvalue weighted by Crippen LogP contribution is 2.24. The summed E-state index contributed by atoms with van der Waals surface area (Å²) < 4.78 is 20.0. The Morgan fingerprint density at radius 1 is 0.492 bits per heavy atom. The summed E-state index contributed by atoms with van der Waals surface area (Å²) >= 11 is 0. The summed E-state index contributed by atoms with van der Waals surface area (Å²) in [6.07, 6.45) is 29.3. The van der Waals surface area contributed by atoms with Gasteiger partial charge in [0.2, 0.25) is 0 Å². The summed E-state index contributed by atoms with van der Waals surface area (Å²) in [5, 5.41) is 40.3. The van der Waals surface area contributed by atoms with Gasteiger partial charge < -0.3 is 52.6 Å². The molecule has 0 spiro atoms. The number of likely N-dealkylation sites (N-methyl/N-ethyl adjacent to an activating group) is 1. The Labute approximate surface area is 405 Å². The van der Waals surface area contributed by atoms with Crippen LogP contribution in [0.1, 0.15) is 194 Å². The van der Waals surface area contributed by atoms with Crippen LogP contribution < -0.4 is 10.2 Å². The monoisotopic (exact) mass is 965 g/mol. The Hall–Kier alpha value is -0.906. The third-order valence-corrected chi connectivity index (χ3v) is 19.3. The number of quaternary nitrogens is 2. The minimum Gasteiger partial charge on any atom is -0.550 e. The van der Waals surface area contributed by atoms with Gasteiger partial charge in [-0.3, -0.25) is 0 Å². The number of aliphatic hydroxyl groups excluding tert-OH is 2. The molecule has 2 N–H and O–H groups in total. The Morgan fingerprint density at radius 3 is 1.18 bits per heavy atom. The van der Waals surface area contributed by atoms with E-state index in [2.05, 4.69) is 75.3 Å². The number of carboxylic acids is 2. The Morgan fingerprint density at radius 2 is 0.831 bits per heavy atom. The van der Waals surface area contributed by atoms with Gasteiger partial charge in [-0.25, -0.2) is 0 Å². The first-order valence-electron chi connectivity index (χ1n) is 26.7. The number of nitrogens with zero attached hydrogens (tertiary/aromatic N) is 2. The van der Waals surface area contributed by atoms with Gasteiger partial charge in [-0.05, 0) is 109 Å². The van der Waals surface area contributed by atoms with Gasteiger partial charge in [0, 0.05) is 25.2 Å². The molecule has 65 heavy (non-hydrogen) atoms. The first kappa shape index (κ1) is 68.4. The first-order valence-corrected chi connectivity index (χ1v) is 33.0. The van der Waals surface area contributed by atoms with E-state index in [1.807, 2.05) is 6.92 Å². The van der Waals surface area contributed by atoms with E-state index in [9.17, 15) is 30.0 Å². The summed E-state index contributed by atoms with van der Waals surface area (Å²) in [7, 11) is 7.72. The largest absolute Gasteiger partial charge is 0.550 e. The van der Waals surface area contributed by atoms with Crippen LogP contribution in [0.2, 0.25) is 38.3 Å². The summed E-state index contributed by atoms with van der Waals surface area (Å²) in [6, 6.07) is 2.16. The smallest absolute Gasteiger partial charge is 0.173 e. The fourth-order valence-electron chi connectivity index (χ4n) is 7.96. The van der Waals surface area contributed by atoms with Gasteiger partial charge in [0.15, 0.2) is 16.6 Å². The molecule has 2 unspecified atom stereocenters. The van der Waals surface area contributed by atoms with Crippen molar-refractivity contribution in [1.82, 2.24) is 0 Å². The quantitative estimate of drug-likeness (QED) is 0.0346. The molecular weight excluding hydrogens is 853 g/mol. The number of rotatable bonds is 44. The number of carbonyl (C=O) groups excluding carboxylic acids is 2. The van der Waals surface area contributed by atoms with Crippen LogP contribution in [-0.2, 0) is 23.2 Å². The van der Waals surface area contributed by atoms with Crippen LogP contribution in [-0.4, -0.2) is 141 Å². The van der Waals surface area contributed by atoms with E-state index >= 15 is 0 Å². The molecular formula is C52H112N2O9Si2. The lowest BCUT2D eigenvalue weighted by molar-refractivity contribution is -0.893. The molecule has 2 atom stereocenters. The van der Waals surface area contributed by atoms with Crippen LogP contribution in [0.15, 0.2) is 0 Å². The van der Waals surface area contributed by atoms with E-state index in [1.165, 1.54) is 122 Å². The average molecular weight is 966 g/mol. The lowest BCUT2D eigenvalue weighted by Crippen LogP contribution is -2.47. The van der Waals surface area contributed by atoms with E-state index < -0.39 is 34.7 Å². The predicted molar refractivity (Wildman–Crippen MR) is 276 cm³/mol. The zero-order chi connectivity index (χ0) is 49.9. The maximum atomic E-state index is 10.5. The molecule has 13 heteroatoms. The third kappa shape index (κ3) is 59.2. The van der Waals surface area contributed by atoms with E-state index in [0.29, 0.717) is 26.4 Å². The van der Waals surface area contributed by atoms with Crippen molar-refractivity contribution < 1.29 is 52.6 Å². The van der Waals surface area contributed by atoms with Crippen molar-refractivity contribution in [2.45, 2.75) is 245 Å². The Balaban J connectivity index is -0.00000111. The lowest BCUT2D eigenvalue weighted by Gasteiger charge is -2.34.